The fourth-order valence-electron chi connectivity index (χ4n) is 4.24. The maximum absolute atomic E-state index is 12.2. The van der Waals surface area contributed by atoms with E-state index >= 15 is 0 Å². The molecular weight excluding hydrogens is 420 g/mol. The number of unbranched alkanes of at least 4 members (excludes halogenated alkanes) is 2. The number of carbonyl (C=O) groups is 3. The van der Waals surface area contributed by atoms with Crippen LogP contribution in [0.5, 0.6) is 0 Å². The predicted molar refractivity (Wildman–Crippen MR) is 126 cm³/mol. The molecule has 176 valence electrons. The zero-order valence-corrected chi connectivity index (χ0v) is 19.0. The highest BCUT2D eigenvalue weighted by molar-refractivity contribution is 5.83. The largest absolute Gasteiger partial charge is 0.480 e. The Morgan fingerprint density at radius 2 is 1.61 bits per heavy atom. The summed E-state index contributed by atoms with van der Waals surface area (Å²) in [6, 6.07) is 15.6. The number of benzene rings is 2. The van der Waals surface area contributed by atoms with Crippen LogP contribution in [0.15, 0.2) is 48.5 Å². The number of fused-ring (bicyclic) bond motifs is 3. The Balaban J connectivity index is 1.33. The van der Waals surface area contributed by atoms with Crippen molar-refractivity contribution in [2.24, 2.45) is 0 Å². The second-order valence-corrected chi connectivity index (χ2v) is 8.31. The van der Waals surface area contributed by atoms with Crippen LogP contribution < -0.4 is 10.6 Å². The van der Waals surface area contributed by atoms with Crippen molar-refractivity contribution in [3.8, 4) is 11.1 Å². The second kappa shape index (κ2) is 12.0. The second-order valence-electron chi connectivity index (χ2n) is 8.31. The monoisotopic (exact) mass is 452 g/mol. The molecule has 3 rings (SSSR count). The Bertz CT molecular complexity index is 929. The van der Waals surface area contributed by atoms with E-state index in [4.69, 9.17) is 9.84 Å². The van der Waals surface area contributed by atoms with Gasteiger partial charge < -0.3 is 20.5 Å². The number of ether oxygens (including phenoxy) is 1. The molecule has 0 spiro atoms. The van der Waals surface area contributed by atoms with E-state index in [-0.39, 0.29) is 24.9 Å². The fraction of sp³-hybridized carbons (Fsp3) is 0.423. The van der Waals surface area contributed by atoms with Crippen molar-refractivity contribution in [1.82, 2.24) is 10.6 Å². The molecule has 0 aliphatic heterocycles. The van der Waals surface area contributed by atoms with Crippen LogP contribution in [0.4, 0.5) is 4.79 Å². The van der Waals surface area contributed by atoms with Crippen LogP contribution in [0, 0.1) is 0 Å². The van der Waals surface area contributed by atoms with Gasteiger partial charge in [-0.3, -0.25) is 4.79 Å². The number of carboxylic acid groups (broad SMARTS) is 1. The number of carbonyl (C=O) groups excluding carboxylic acids is 2. The summed E-state index contributed by atoms with van der Waals surface area (Å²) < 4.78 is 5.50. The SMILES string of the molecule is CCCC(NC(=O)CCCCCNC(=O)OCC1c2ccccc2-c2ccccc21)C(=O)O. The van der Waals surface area contributed by atoms with Gasteiger partial charge in [0.05, 0.1) is 0 Å². The Morgan fingerprint density at radius 1 is 0.970 bits per heavy atom. The zero-order chi connectivity index (χ0) is 23.6. The van der Waals surface area contributed by atoms with E-state index in [9.17, 15) is 14.4 Å². The Hall–Kier alpha value is -3.35. The Labute approximate surface area is 194 Å². The Morgan fingerprint density at radius 3 is 2.21 bits per heavy atom. The maximum atomic E-state index is 12.2. The minimum absolute atomic E-state index is 0.0315. The highest BCUT2D eigenvalue weighted by atomic mass is 16.5. The van der Waals surface area contributed by atoms with Crippen molar-refractivity contribution in [2.75, 3.05) is 13.2 Å². The summed E-state index contributed by atoms with van der Waals surface area (Å²) in [7, 11) is 0. The molecular formula is C26H32N2O5. The Kier molecular flexibility index (Phi) is 8.87. The van der Waals surface area contributed by atoms with Gasteiger partial charge in [0.1, 0.15) is 12.6 Å². The highest BCUT2D eigenvalue weighted by Crippen LogP contribution is 2.44. The number of carboxylic acids is 1. The molecule has 7 heteroatoms. The van der Waals surface area contributed by atoms with Gasteiger partial charge in [-0.1, -0.05) is 68.3 Å². The highest BCUT2D eigenvalue weighted by Gasteiger charge is 2.28. The molecule has 0 aromatic heterocycles. The van der Waals surface area contributed by atoms with E-state index in [2.05, 4.69) is 34.9 Å². The molecule has 0 saturated heterocycles. The summed E-state index contributed by atoms with van der Waals surface area (Å²) in [6.07, 6.45) is 3.05. The first-order valence-corrected chi connectivity index (χ1v) is 11.6. The molecule has 7 nitrogen and oxygen atoms in total. The number of rotatable bonds is 12. The van der Waals surface area contributed by atoms with Crippen LogP contribution in [-0.2, 0) is 14.3 Å². The van der Waals surface area contributed by atoms with Crippen molar-refractivity contribution in [1.29, 1.82) is 0 Å². The lowest BCUT2D eigenvalue weighted by molar-refractivity contribution is -0.142. The van der Waals surface area contributed by atoms with Gasteiger partial charge in [0.25, 0.3) is 0 Å². The zero-order valence-electron chi connectivity index (χ0n) is 19.0. The average Bonchev–Trinajstić information content (AvgIpc) is 3.13. The first-order chi connectivity index (χ1) is 16.0. The first kappa shape index (κ1) is 24.3. The quantitative estimate of drug-likeness (QED) is 0.413. The van der Waals surface area contributed by atoms with Crippen molar-refractivity contribution in [3.05, 3.63) is 59.7 Å². The third-order valence-electron chi connectivity index (χ3n) is 5.90. The standard InChI is InChI=1S/C26H32N2O5/c1-2-10-23(25(30)31)28-24(29)15-4-3-9-16-27-26(32)33-17-22-20-13-7-5-11-18(20)19-12-6-8-14-21(19)22/h5-8,11-14,22-23H,2-4,9-10,15-17H2,1H3,(H,27,32)(H,28,29)(H,30,31). The van der Waals surface area contributed by atoms with E-state index in [1.807, 2.05) is 31.2 Å². The van der Waals surface area contributed by atoms with Gasteiger partial charge in [-0.15, -0.1) is 0 Å². The lowest BCUT2D eigenvalue weighted by Crippen LogP contribution is -2.40. The molecule has 0 radical (unpaired) electrons. The summed E-state index contributed by atoms with van der Waals surface area (Å²) in [5.41, 5.74) is 4.73. The van der Waals surface area contributed by atoms with Gasteiger partial charge in [-0.2, -0.15) is 0 Å². The topological polar surface area (TPSA) is 105 Å². The van der Waals surface area contributed by atoms with E-state index in [0.29, 0.717) is 25.8 Å². The molecule has 1 aliphatic rings. The van der Waals surface area contributed by atoms with Gasteiger partial charge in [-0.25, -0.2) is 9.59 Å². The van der Waals surface area contributed by atoms with Gasteiger partial charge in [0.15, 0.2) is 0 Å². The van der Waals surface area contributed by atoms with Gasteiger partial charge in [0, 0.05) is 18.9 Å². The molecule has 2 amide bonds. The van der Waals surface area contributed by atoms with Crippen LogP contribution in [-0.4, -0.2) is 42.3 Å². The molecule has 1 atom stereocenters. The number of nitrogens with one attached hydrogen (secondary N) is 2. The minimum atomic E-state index is -1.00. The predicted octanol–water partition coefficient (Wildman–Crippen LogP) is 4.46. The molecule has 0 fully saturated rings. The van der Waals surface area contributed by atoms with E-state index in [1.54, 1.807) is 0 Å². The third-order valence-corrected chi connectivity index (χ3v) is 5.90. The lowest BCUT2D eigenvalue weighted by atomic mass is 9.98. The molecule has 0 saturated carbocycles. The molecule has 2 aromatic carbocycles. The number of aliphatic carboxylic acids is 1. The van der Waals surface area contributed by atoms with Gasteiger partial charge in [0.2, 0.25) is 5.91 Å². The fourth-order valence-corrected chi connectivity index (χ4v) is 4.24. The average molecular weight is 453 g/mol. The van der Waals surface area contributed by atoms with E-state index in [0.717, 1.165) is 12.8 Å². The van der Waals surface area contributed by atoms with Gasteiger partial charge >= 0.3 is 12.1 Å². The third kappa shape index (κ3) is 6.57. The number of amides is 2. The molecule has 0 heterocycles. The first-order valence-electron chi connectivity index (χ1n) is 11.6. The molecule has 3 N–H and O–H groups in total. The minimum Gasteiger partial charge on any atom is -0.480 e. The lowest BCUT2D eigenvalue weighted by Gasteiger charge is -2.14. The number of hydrogen-bond acceptors (Lipinski definition) is 4. The molecule has 1 unspecified atom stereocenters. The number of hydrogen-bond donors (Lipinski definition) is 3. The molecule has 2 aromatic rings. The molecule has 1 aliphatic carbocycles. The van der Waals surface area contributed by atoms with Crippen molar-refractivity contribution < 1.29 is 24.2 Å². The summed E-state index contributed by atoms with van der Waals surface area (Å²) in [4.78, 5) is 35.1. The van der Waals surface area contributed by atoms with Crippen LogP contribution in [0.2, 0.25) is 0 Å². The summed E-state index contributed by atoms with van der Waals surface area (Å²) in [5, 5.41) is 14.4. The van der Waals surface area contributed by atoms with Crippen molar-refractivity contribution in [3.63, 3.8) is 0 Å². The van der Waals surface area contributed by atoms with Crippen LogP contribution in [0.1, 0.15) is 62.5 Å². The molecule has 33 heavy (non-hydrogen) atoms. The normalized spacial score (nSPS) is 13.0. The summed E-state index contributed by atoms with van der Waals surface area (Å²) >= 11 is 0. The van der Waals surface area contributed by atoms with Crippen LogP contribution >= 0.6 is 0 Å². The van der Waals surface area contributed by atoms with Gasteiger partial charge in [-0.05, 0) is 41.5 Å². The van der Waals surface area contributed by atoms with Crippen molar-refractivity contribution in [2.45, 2.75) is 57.4 Å². The van der Waals surface area contributed by atoms with Crippen molar-refractivity contribution >= 4 is 18.0 Å². The van der Waals surface area contributed by atoms with Crippen LogP contribution in [0.3, 0.4) is 0 Å². The van der Waals surface area contributed by atoms with E-state index in [1.165, 1.54) is 22.3 Å². The molecule has 0 bridgehead atoms. The maximum Gasteiger partial charge on any atom is 0.407 e. The van der Waals surface area contributed by atoms with Crippen LogP contribution in [0.25, 0.3) is 11.1 Å². The van der Waals surface area contributed by atoms with E-state index < -0.39 is 18.1 Å². The smallest absolute Gasteiger partial charge is 0.407 e. The summed E-state index contributed by atoms with van der Waals surface area (Å²) in [5.74, 6) is -1.22. The number of alkyl carbamates (subject to hydrolysis) is 1. The summed E-state index contributed by atoms with van der Waals surface area (Å²) in [6.45, 7) is 2.63.